The second-order valence-corrected chi connectivity index (χ2v) is 3.42. The average Bonchev–Trinajstić information content (AvgIpc) is 2.72. The van der Waals surface area contributed by atoms with Crippen molar-refractivity contribution in [3.63, 3.8) is 0 Å². The molecule has 0 N–H and O–H groups in total. The fraction of sp³-hybridized carbons (Fsp3) is 0.538. The molecule has 0 bridgehead atoms. The van der Waals surface area contributed by atoms with E-state index in [1.54, 1.807) is 12.4 Å². The molecular formula is C13H23N3. The lowest BCUT2D eigenvalue weighted by molar-refractivity contribution is 0.664. The predicted molar refractivity (Wildman–Crippen MR) is 71.9 cm³/mol. The van der Waals surface area contributed by atoms with Crippen LogP contribution < -0.4 is 0 Å². The SMILES string of the molecule is CC.CC.CC1(C)C=Cn2ccnc2C=N1. The Balaban J connectivity index is 0.000000509. The van der Waals surface area contributed by atoms with E-state index >= 15 is 0 Å². The highest BCUT2D eigenvalue weighted by Gasteiger charge is 2.13. The van der Waals surface area contributed by atoms with Gasteiger partial charge in [-0.05, 0) is 19.9 Å². The lowest BCUT2D eigenvalue weighted by Gasteiger charge is -2.10. The summed E-state index contributed by atoms with van der Waals surface area (Å²) in [7, 11) is 0. The summed E-state index contributed by atoms with van der Waals surface area (Å²) in [6.45, 7) is 12.1. The molecule has 1 aromatic heterocycles. The first-order valence-corrected chi connectivity index (χ1v) is 5.95. The molecule has 16 heavy (non-hydrogen) atoms. The maximum absolute atomic E-state index is 4.37. The van der Waals surface area contributed by atoms with Gasteiger partial charge in [0, 0.05) is 18.6 Å². The summed E-state index contributed by atoms with van der Waals surface area (Å²) >= 11 is 0. The van der Waals surface area contributed by atoms with Crippen molar-refractivity contribution < 1.29 is 0 Å². The first-order chi connectivity index (χ1) is 7.67. The minimum Gasteiger partial charge on any atom is -0.306 e. The van der Waals surface area contributed by atoms with Crippen molar-refractivity contribution in [2.45, 2.75) is 47.1 Å². The summed E-state index contributed by atoms with van der Waals surface area (Å²) in [6.07, 6.45) is 9.54. The number of hydrogen-bond acceptors (Lipinski definition) is 2. The van der Waals surface area contributed by atoms with E-state index in [2.05, 4.69) is 29.9 Å². The van der Waals surface area contributed by atoms with Gasteiger partial charge in [0.05, 0.1) is 11.8 Å². The van der Waals surface area contributed by atoms with Gasteiger partial charge in [-0.25, -0.2) is 4.98 Å². The van der Waals surface area contributed by atoms with Crippen molar-refractivity contribution >= 4 is 12.4 Å². The standard InChI is InChI=1S/C9H11N3.2C2H6/c1-9(2)3-5-12-6-4-10-8(12)7-11-9;2*1-2/h3-7H,1-2H3;2*1-2H3. The molecule has 3 nitrogen and oxygen atoms in total. The Morgan fingerprint density at radius 2 is 1.75 bits per heavy atom. The van der Waals surface area contributed by atoms with Crippen LogP contribution in [0.4, 0.5) is 0 Å². The topological polar surface area (TPSA) is 30.2 Å². The number of imidazole rings is 1. The first-order valence-electron chi connectivity index (χ1n) is 5.95. The van der Waals surface area contributed by atoms with Crippen LogP contribution >= 0.6 is 0 Å². The van der Waals surface area contributed by atoms with Crippen LogP contribution in [0.2, 0.25) is 0 Å². The largest absolute Gasteiger partial charge is 0.306 e. The number of aromatic nitrogens is 2. The molecule has 0 aromatic carbocycles. The van der Waals surface area contributed by atoms with Gasteiger partial charge in [-0.15, -0.1) is 0 Å². The quantitative estimate of drug-likeness (QED) is 0.658. The van der Waals surface area contributed by atoms with E-state index < -0.39 is 0 Å². The third kappa shape index (κ3) is 4.01. The van der Waals surface area contributed by atoms with E-state index in [9.17, 15) is 0 Å². The molecule has 0 fully saturated rings. The zero-order valence-corrected chi connectivity index (χ0v) is 11.2. The molecule has 0 amide bonds. The minimum absolute atomic E-state index is 0.110. The minimum atomic E-state index is -0.110. The van der Waals surface area contributed by atoms with Crippen LogP contribution in [-0.2, 0) is 0 Å². The lowest BCUT2D eigenvalue weighted by Crippen LogP contribution is -2.11. The summed E-state index contributed by atoms with van der Waals surface area (Å²) < 4.78 is 1.96. The maximum atomic E-state index is 4.37. The molecule has 2 heterocycles. The van der Waals surface area contributed by atoms with Crippen molar-refractivity contribution in [2.75, 3.05) is 0 Å². The van der Waals surface area contributed by atoms with Crippen LogP contribution in [0.25, 0.3) is 6.20 Å². The van der Waals surface area contributed by atoms with Crippen LogP contribution in [0.5, 0.6) is 0 Å². The van der Waals surface area contributed by atoms with Crippen LogP contribution in [-0.4, -0.2) is 21.3 Å². The second-order valence-electron chi connectivity index (χ2n) is 3.42. The molecule has 0 aliphatic carbocycles. The normalized spacial score (nSPS) is 14.9. The number of aliphatic imine (C=N–C) groups is 1. The fourth-order valence-corrected chi connectivity index (χ4v) is 1.08. The molecular weight excluding hydrogens is 198 g/mol. The lowest BCUT2D eigenvalue weighted by atomic mass is 10.1. The molecule has 3 heteroatoms. The Labute approximate surface area is 98.9 Å². The van der Waals surface area contributed by atoms with Gasteiger partial charge in [0.2, 0.25) is 0 Å². The van der Waals surface area contributed by atoms with E-state index in [-0.39, 0.29) is 5.54 Å². The van der Waals surface area contributed by atoms with Crippen molar-refractivity contribution in [3.05, 3.63) is 24.3 Å². The van der Waals surface area contributed by atoms with E-state index in [1.165, 1.54) is 0 Å². The van der Waals surface area contributed by atoms with Crippen molar-refractivity contribution in [3.8, 4) is 0 Å². The summed E-state index contributed by atoms with van der Waals surface area (Å²) in [4.78, 5) is 8.52. The predicted octanol–water partition coefficient (Wildman–Crippen LogP) is 3.62. The monoisotopic (exact) mass is 221 g/mol. The maximum Gasteiger partial charge on any atom is 0.154 e. The molecule has 0 atom stereocenters. The van der Waals surface area contributed by atoms with E-state index in [4.69, 9.17) is 0 Å². The molecule has 0 saturated carbocycles. The van der Waals surface area contributed by atoms with Gasteiger partial charge in [-0.1, -0.05) is 27.7 Å². The van der Waals surface area contributed by atoms with Gasteiger partial charge in [0.1, 0.15) is 0 Å². The van der Waals surface area contributed by atoms with Crippen molar-refractivity contribution in [1.82, 2.24) is 9.55 Å². The van der Waals surface area contributed by atoms with Gasteiger partial charge in [-0.3, -0.25) is 4.99 Å². The van der Waals surface area contributed by atoms with Crippen molar-refractivity contribution in [2.24, 2.45) is 4.99 Å². The zero-order chi connectivity index (χ0) is 12.6. The van der Waals surface area contributed by atoms with Crippen LogP contribution in [0.1, 0.15) is 47.4 Å². The van der Waals surface area contributed by atoms with Crippen LogP contribution in [0, 0.1) is 0 Å². The molecule has 2 rings (SSSR count). The Morgan fingerprint density at radius 3 is 2.38 bits per heavy atom. The summed E-state index contributed by atoms with van der Waals surface area (Å²) in [5.41, 5.74) is -0.110. The Hall–Kier alpha value is -1.38. The average molecular weight is 221 g/mol. The smallest absolute Gasteiger partial charge is 0.154 e. The third-order valence-electron chi connectivity index (χ3n) is 1.85. The highest BCUT2D eigenvalue weighted by Crippen LogP contribution is 2.14. The summed E-state index contributed by atoms with van der Waals surface area (Å²) in [6, 6.07) is 0. The second kappa shape index (κ2) is 6.99. The van der Waals surface area contributed by atoms with Gasteiger partial charge in [-0.2, -0.15) is 0 Å². The highest BCUT2D eigenvalue weighted by molar-refractivity contribution is 5.77. The molecule has 0 spiro atoms. The molecule has 1 aliphatic rings. The number of hydrogen-bond donors (Lipinski definition) is 0. The first kappa shape index (κ1) is 14.6. The molecule has 0 radical (unpaired) electrons. The Kier molecular flexibility index (Phi) is 6.38. The Morgan fingerprint density at radius 1 is 1.12 bits per heavy atom. The van der Waals surface area contributed by atoms with E-state index in [1.807, 2.05) is 44.7 Å². The fourth-order valence-electron chi connectivity index (χ4n) is 1.08. The molecule has 1 aromatic rings. The van der Waals surface area contributed by atoms with E-state index in [0.29, 0.717) is 0 Å². The summed E-state index contributed by atoms with van der Waals surface area (Å²) in [5, 5.41) is 0. The number of nitrogens with zero attached hydrogens (tertiary/aromatic N) is 3. The third-order valence-corrected chi connectivity index (χ3v) is 1.85. The van der Waals surface area contributed by atoms with Gasteiger partial charge in [0.25, 0.3) is 0 Å². The number of rotatable bonds is 0. The van der Waals surface area contributed by atoms with Crippen molar-refractivity contribution in [1.29, 1.82) is 0 Å². The summed E-state index contributed by atoms with van der Waals surface area (Å²) in [5.74, 6) is 0.886. The molecule has 90 valence electrons. The molecule has 0 saturated heterocycles. The van der Waals surface area contributed by atoms with Crippen LogP contribution in [0.15, 0.2) is 23.5 Å². The molecule has 0 unspecified atom stereocenters. The van der Waals surface area contributed by atoms with Gasteiger partial charge >= 0.3 is 0 Å². The Bertz CT molecular complexity index is 315. The van der Waals surface area contributed by atoms with E-state index in [0.717, 1.165) is 5.82 Å². The van der Waals surface area contributed by atoms with Gasteiger partial charge in [0.15, 0.2) is 5.82 Å². The highest BCUT2D eigenvalue weighted by atomic mass is 15.1. The van der Waals surface area contributed by atoms with Crippen LogP contribution in [0.3, 0.4) is 0 Å². The zero-order valence-electron chi connectivity index (χ0n) is 11.2. The van der Waals surface area contributed by atoms with Gasteiger partial charge < -0.3 is 4.57 Å². The molecule has 1 aliphatic heterocycles. The number of fused-ring (bicyclic) bond motifs is 1.